The molecule has 1 aliphatic heterocycles. The van der Waals surface area contributed by atoms with Crippen LogP contribution in [0, 0.1) is 0 Å². The number of hydrogen-bond donors (Lipinski definition) is 1. The van der Waals surface area contributed by atoms with E-state index in [1.807, 2.05) is 6.92 Å². The number of rotatable bonds is 5. The van der Waals surface area contributed by atoms with Crippen molar-refractivity contribution in [2.24, 2.45) is 0 Å². The third kappa shape index (κ3) is 4.51. The Hall–Kier alpha value is -0.0900. The lowest BCUT2D eigenvalue weighted by Crippen LogP contribution is -2.37. The van der Waals surface area contributed by atoms with Gasteiger partial charge in [0.1, 0.15) is 6.10 Å². The van der Waals surface area contributed by atoms with E-state index in [2.05, 4.69) is 28.2 Å². The van der Waals surface area contributed by atoms with Gasteiger partial charge < -0.3 is 10.1 Å². The maximum atomic E-state index is 11.6. The van der Waals surface area contributed by atoms with Gasteiger partial charge in [-0.1, -0.05) is 29.3 Å². The van der Waals surface area contributed by atoms with E-state index in [-0.39, 0.29) is 18.1 Å². The van der Waals surface area contributed by atoms with Crippen molar-refractivity contribution in [3.8, 4) is 0 Å². The van der Waals surface area contributed by atoms with Gasteiger partial charge in [0.15, 0.2) is 0 Å². The average molecular weight is 278 g/mol. The maximum absolute atomic E-state index is 11.6. The minimum Gasteiger partial charge on any atom is -0.365 e. The molecule has 0 aliphatic carbocycles. The van der Waals surface area contributed by atoms with Crippen LogP contribution in [0.2, 0.25) is 0 Å². The van der Waals surface area contributed by atoms with E-state index in [4.69, 9.17) is 4.74 Å². The van der Waals surface area contributed by atoms with E-state index < -0.39 is 0 Å². The molecule has 1 amide bonds. The largest absolute Gasteiger partial charge is 0.365 e. The predicted molar refractivity (Wildman–Crippen MR) is 64.2 cm³/mol. The van der Waals surface area contributed by atoms with Gasteiger partial charge in [0.05, 0.1) is 6.10 Å². The number of carbonyl (C=O) groups excluding carboxylic acids is 1. The third-order valence-electron chi connectivity index (χ3n) is 2.62. The van der Waals surface area contributed by atoms with Crippen molar-refractivity contribution in [3.63, 3.8) is 0 Å². The summed E-state index contributed by atoms with van der Waals surface area (Å²) in [5.74, 6) is 0.0416. The molecule has 3 unspecified atom stereocenters. The van der Waals surface area contributed by atoms with Crippen molar-refractivity contribution in [2.45, 2.75) is 56.6 Å². The molecule has 15 heavy (non-hydrogen) atoms. The second-order valence-electron chi connectivity index (χ2n) is 4.14. The summed E-state index contributed by atoms with van der Waals surface area (Å²) in [6, 6.07) is 0. The summed E-state index contributed by atoms with van der Waals surface area (Å²) < 4.78 is 5.49. The summed E-state index contributed by atoms with van der Waals surface area (Å²) in [5, 5.41) is 2.92. The van der Waals surface area contributed by atoms with Crippen LogP contribution >= 0.6 is 15.9 Å². The SMILES string of the molecule is CCCC(Br)CNC(=O)C1CCC(C)O1. The van der Waals surface area contributed by atoms with E-state index in [1.165, 1.54) is 0 Å². The number of halogens is 1. The Morgan fingerprint density at radius 3 is 2.87 bits per heavy atom. The highest BCUT2D eigenvalue weighted by molar-refractivity contribution is 9.09. The Kier molecular flexibility index (Phi) is 5.61. The minimum absolute atomic E-state index is 0.0416. The van der Waals surface area contributed by atoms with Gasteiger partial charge in [0, 0.05) is 11.4 Å². The van der Waals surface area contributed by atoms with Crippen molar-refractivity contribution in [1.82, 2.24) is 5.32 Å². The second kappa shape index (κ2) is 6.48. The fraction of sp³-hybridized carbons (Fsp3) is 0.909. The average Bonchev–Trinajstić information content (AvgIpc) is 2.62. The van der Waals surface area contributed by atoms with Gasteiger partial charge in [-0.15, -0.1) is 0 Å². The first kappa shape index (κ1) is 13.0. The third-order valence-corrected chi connectivity index (χ3v) is 3.41. The Morgan fingerprint density at radius 2 is 2.33 bits per heavy atom. The summed E-state index contributed by atoms with van der Waals surface area (Å²) >= 11 is 3.53. The number of alkyl halides is 1. The van der Waals surface area contributed by atoms with Crippen LogP contribution < -0.4 is 5.32 Å². The van der Waals surface area contributed by atoms with E-state index in [0.29, 0.717) is 11.4 Å². The predicted octanol–water partition coefficient (Wildman–Crippen LogP) is 2.23. The van der Waals surface area contributed by atoms with E-state index >= 15 is 0 Å². The highest BCUT2D eigenvalue weighted by Gasteiger charge is 2.27. The first-order chi connectivity index (χ1) is 7.13. The van der Waals surface area contributed by atoms with Crippen molar-refractivity contribution >= 4 is 21.8 Å². The van der Waals surface area contributed by atoms with Gasteiger partial charge in [0.25, 0.3) is 0 Å². The molecule has 0 radical (unpaired) electrons. The topological polar surface area (TPSA) is 38.3 Å². The van der Waals surface area contributed by atoms with Crippen LogP contribution in [0.3, 0.4) is 0 Å². The Labute approximate surface area is 100 Å². The minimum atomic E-state index is -0.221. The van der Waals surface area contributed by atoms with Crippen LogP contribution in [0.1, 0.15) is 39.5 Å². The lowest BCUT2D eigenvalue weighted by Gasteiger charge is -2.14. The molecule has 1 saturated heterocycles. The molecule has 1 N–H and O–H groups in total. The second-order valence-corrected chi connectivity index (χ2v) is 5.44. The molecule has 0 saturated carbocycles. The molecule has 1 aliphatic rings. The zero-order valence-electron chi connectivity index (χ0n) is 9.46. The van der Waals surface area contributed by atoms with Crippen LogP contribution in [-0.4, -0.2) is 29.5 Å². The molecule has 0 aromatic heterocycles. The summed E-state index contributed by atoms with van der Waals surface area (Å²) in [7, 11) is 0. The lowest BCUT2D eigenvalue weighted by atomic mass is 10.2. The van der Waals surface area contributed by atoms with E-state index in [1.54, 1.807) is 0 Å². The number of amides is 1. The summed E-state index contributed by atoms with van der Waals surface area (Å²) in [6.45, 7) is 4.84. The van der Waals surface area contributed by atoms with Crippen LogP contribution in [-0.2, 0) is 9.53 Å². The smallest absolute Gasteiger partial charge is 0.249 e. The zero-order chi connectivity index (χ0) is 11.3. The monoisotopic (exact) mass is 277 g/mol. The quantitative estimate of drug-likeness (QED) is 0.783. The number of ether oxygens (including phenoxy) is 1. The number of nitrogens with one attached hydrogen (secondary N) is 1. The molecule has 1 fully saturated rings. The van der Waals surface area contributed by atoms with Crippen LogP contribution in [0.4, 0.5) is 0 Å². The van der Waals surface area contributed by atoms with E-state index in [0.717, 1.165) is 25.7 Å². The van der Waals surface area contributed by atoms with Crippen molar-refractivity contribution < 1.29 is 9.53 Å². The maximum Gasteiger partial charge on any atom is 0.249 e. The molecule has 0 aromatic rings. The fourth-order valence-electron chi connectivity index (χ4n) is 1.74. The van der Waals surface area contributed by atoms with Crippen LogP contribution in [0.15, 0.2) is 0 Å². The van der Waals surface area contributed by atoms with Crippen molar-refractivity contribution in [1.29, 1.82) is 0 Å². The Bertz CT molecular complexity index is 211. The molecule has 0 aromatic carbocycles. The molecule has 3 nitrogen and oxygen atoms in total. The molecule has 1 rings (SSSR count). The normalized spacial score (nSPS) is 27.7. The Morgan fingerprint density at radius 1 is 1.60 bits per heavy atom. The molecular weight excluding hydrogens is 258 g/mol. The highest BCUT2D eigenvalue weighted by atomic mass is 79.9. The van der Waals surface area contributed by atoms with Gasteiger partial charge in [-0.2, -0.15) is 0 Å². The fourth-order valence-corrected chi connectivity index (χ4v) is 2.36. The summed E-state index contributed by atoms with van der Waals surface area (Å²) in [6.07, 6.45) is 4.07. The number of carbonyl (C=O) groups is 1. The first-order valence-corrected chi connectivity index (χ1v) is 6.62. The van der Waals surface area contributed by atoms with Crippen LogP contribution in [0.25, 0.3) is 0 Å². The molecular formula is C11H20BrNO2. The standard InChI is InChI=1S/C11H20BrNO2/c1-3-4-9(12)7-13-11(14)10-6-5-8(2)15-10/h8-10H,3-7H2,1-2H3,(H,13,14). The van der Waals surface area contributed by atoms with Crippen molar-refractivity contribution in [3.05, 3.63) is 0 Å². The van der Waals surface area contributed by atoms with Gasteiger partial charge in [-0.25, -0.2) is 0 Å². The molecule has 4 heteroatoms. The van der Waals surface area contributed by atoms with Gasteiger partial charge in [-0.05, 0) is 26.2 Å². The van der Waals surface area contributed by atoms with Gasteiger partial charge >= 0.3 is 0 Å². The van der Waals surface area contributed by atoms with Crippen LogP contribution in [0.5, 0.6) is 0 Å². The first-order valence-electron chi connectivity index (χ1n) is 5.70. The molecule has 1 heterocycles. The van der Waals surface area contributed by atoms with Crippen molar-refractivity contribution in [2.75, 3.05) is 6.54 Å². The number of hydrogen-bond acceptors (Lipinski definition) is 2. The molecule has 88 valence electrons. The molecule has 0 spiro atoms. The van der Waals surface area contributed by atoms with Gasteiger partial charge in [-0.3, -0.25) is 4.79 Å². The summed E-state index contributed by atoms with van der Waals surface area (Å²) in [4.78, 5) is 12.0. The van der Waals surface area contributed by atoms with E-state index in [9.17, 15) is 4.79 Å². The Balaban J connectivity index is 2.18. The highest BCUT2D eigenvalue weighted by Crippen LogP contribution is 2.19. The zero-order valence-corrected chi connectivity index (χ0v) is 11.0. The molecule has 3 atom stereocenters. The molecule has 0 bridgehead atoms. The lowest BCUT2D eigenvalue weighted by molar-refractivity contribution is -0.131. The van der Waals surface area contributed by atoms with Gasteiger partial charge in [0.2, 0.25) is 5.91 Å². The summed E-state index contributed by atoms with van der Waals surface area (Å²) in [5.41, 5.74) is 0.